The number of hydrogen-bond acceptors (Lipinski definition) is 2. The number of hydrogen-bond donors (Lipinski definition) is 0. The number of carbonyl (C=O) groups is 1. The fourth-order valence-corrected chi connectivity index (χ4v) is 3.00. The second kappa shape index (κ2) is 8.88. The number of benzene rings is 3. The Morgan fingerprint density at radius 1 is 0.920 bits per heavy atom. The summed E-state index contributed by atoms with van der Waals surface area (Å²) in [6.45, 7) is 0. The zero-order valence-electron chi connectivity index (χ0n) is 13.6. The van der Waals surface area contributed by atoms with Gasteiger partial charge in [-0.25, -0.2) is 0 Å². The van der Waals surface area contributed by atoms with Crippen molar-refractivity contribution in [2.45, 2.75) is 6.42 Å². The van der Waals surface area contributed by atoms with Gasteiger partial charge in [0, 0.05) is 10.0 Å². The second-order valence-corrected chi connectivity index (χ2v) is 6.37. The van der Waals surface area contributed by atoms with E-state index in [2.05, 4.69) is 6.07 Å². The molecular weight excluding hydrogens is 366 g/mol. The van der Waals surface area contributed by atoms with Crippen molar-refractivity contribution in [1.29, 1.82) is 0 Å². The largest absolute Gasteiger partial charge is 1.00 e. The van der Waals surface area contributed by atoms with Gasteiger partial charge in [-0.1, -0.05) is 59.6 Å². The molecule has 0 bridgehead atoms. The quantitative estimate of drug-likeness (QED) is 0.509. The molecule has 0 saturated heterocycles. The van der Waals surface area contributed by atoms with E-state index in [1.807, 2.05) is 36.4 Å². The van der Waals surface area contributed by atoms with Crippen LogP contribution in [0, 0.1) is 0 Å². The Balaban J connectivity index is 0.00000225. The van der Waals surface area contributed by atoms with E-state index >= 15 is 0 Å². The van der Waals surface area contributed by atoms with Crippen molar-refractivity contribution in [2.24, 2.45) is 0 Å². The Morgan fingerprint density at radius 3 is 2.32 bits per heavy atom. The van der Waals surface area contributed by atoms with E-state index in [0.717, 1.165) is 33.5 Å². The van der Waals surface area contributed by atoms with Gasteiger partial charge in [0.25, 0.3) is 0 Å². The number of carboxylic acids is 1. The van der Waals surface area contributed by atoms with Crippen molar-refractivity contribution in [3.8, 4) is 0 Å². The third-order valence-electron chi connectivity index (χ3n) is 3.77. The van der Waals surface area contributed by atoms with Crippen LogP contribution in [0.25, 0.3) is 16.8 Å². The SMILES string of the molecule is O=C([O-])/C=C/c1cc(Cl)ccc1Cc1ccc2cc(Cl)ccc2c1.[Na+]. The number of rotatable bonds is 4. The van der Waals surface area contributed by atoms with Crippen molar-refractivity contribution in [3.05, 3.63) is 87.4 Å². The molecule has 0 aliphatic rings. The molecule has 0 aromatic heterocycles. The predicted octanol–water partition coefficient (Wildman–Crippen LogP) is 1.50. The molecule has 5 heteroatoms. The van der Waals surface area contributed by atoms with Crippen LogP contribution in [0.4, 0.5) is 0 Å². The molecule has 25 heavy (non-hydrogen) atoms. The van der Waals surface area contributed by atoms with Crippen LogP contribution in [-0.4, -0.2) is 5.97 Å². The van der Waals surface area contributed by atoms with E-state index < -0.39 is 5.97 Å². The van der Waals surface area contributed by atoms with Gasteiger partial charge in [0.05, 0.1) is 5.97 Å². The van der Waals surface area contributed by atoms with E-state index in [-0.39, 0.29) is 29.6 Å². The number of aliphatic carboxylic acids is 1. The van der Waals surface area contributed by atoms with Crippen molar-refractivity contribution >= 4 is 46.0 Å². The fourth-order valence-electron chi connectivity index (χ4n) is 2.64. The maximum Gasteiger partial charge on any atom is 1.00 e. The van der Waals surface area contributed by atoms with Crippen LogP contribution in [0.3, 0.4) is 0 Å². The Hall–Kier alpha value is -1.29. The van der Waals surface area contributed by atoms with Crippen LogP contribution in [0.15, 0.2) is 60.7 Å². The molecule has 0 radical (unpaired) electrons. The van der Waals surface area contributed by atoms with Crippen LogP contribution in [0.1, 0.15) is 16.7 Å². The summed E-state index contributed by atoms with van der Waals surface area (Å²) in [5.74, 6) is -1.23. The summed E-state index contributed by atoms with van der Waals surface area (Å²) in [5, 5.41) is 14.1. The first-order valence-corrected chi connectivity index (χ1v) is 8.12. The van der Waals surface area contributed by atoms with E-state index in [0.29, 0.717) is 16.5 Å². The molecule has 0 N–H and O–H groups in total. The van der Waals surface area contributed by atoms with Gasteiger partial charge in [0.1, 0.15) is 0 Å². The van der Waals surface area contributed by atoms with E-state index in [1.54, 1.807) is 12.1 Å². The van der Waals surface area contributed by atoms with Crippen molar-refractivity contribution in [1.82, 2.24) is 0 Å². The van der Waals surface area contributed by atoms with Gasteiger partial charge in [-0.3, -0.25) is 0 Å². The summed E-state index contributed by atoms with van der Waals surface area (Å²) in [7, 11) is 0. The number of carboxylic acid groups (broad SMARTS) is 1. The molecule has 0 saturated carbocycles. The third kappa shape index (κ3) is 5.34. The minimum Gasteiger partial charge on any atom is -0.545 e. The Kier molecular flexibility index (Phi) is 7.12. The molecule has 0 amide bonds. The van der Waals surface area contributed by atoms with Crippen molar-refractivity contribution in [2.75, 3.05) is 0 Å². The first-order chi connectivity index (χ1) is 11.5. The van der Waals surface area contributed by atoms with Crippen molar-refractivity contribution in [3.63, 3.8) is 0 Å². The molecule has 120 valence electrons. The summed E-state index contributed by atoms with van der Waals surface area (Å²) >= 11 is 12.0. The maximum absolute atomic E-state index is 10.7. The molecule has 2 nitrogen and oxygen atoms in total. The second-order valence-electron chi connectivity index (χ2n) is 5.50. The van der Waals surface area contributed by atoms with Gasteiger partial charge >= 0.3 is 29.6 Å². The smallest absolute Gasteiger partial charge is 0.545 e. The summed E-state index contributed by atoms with van der Waals surface area (Å²) < 4.78 is 0. The van der Waals surface area contributed by atoms with Gasteiger partial charge in [-0.2, -0.15) is 0 Å². The predicted molar refractivity (Wildman–Crippen MR) is 97.3 cm³/mol. The van der Waals surface area contributed by atoms with Crippen molar-refractivity contribution < 1.29 is 39.5 Å². The zero-order chi connectivity index (χ0) is 17.1. The summed E-state index contributed by atoms with van der Waals surface area (Å²) in [4.78, 5) is 10.7. The first-order valence-electron chi connectivity index (χ1n) is 7.37. The molecule has 3 rings (SSSR count). The summed E-state index contributed by atoms with van der Waals surface area (Å²) in [5.41, 5.74) is 2.88. The standard InChI is InChI=1S/C20H14Cl2O2.Na/c21-18-6-3-14-9-13(1-2-16(14)11-18)10-15-4-7-19(22)12-17(15)5-8-20(23)24;/h1-9,11-12H,10H2,(H,23,24);/q;+1/p-1/b8-5+;. The molecule has 0 aliphatic heterocycles. The molecule has 3 aromatic rings. The minimum atomic E-state index is -1.23. The van der Waals surface area contributed by atoms with E-state index in [9.17, 15) is 9.90 Å². The van der Waals surface area contributed by atoms with Gasteiger partial charge in [-0.15, -0.1) is 0 Å². The minimum absolute atomic E-state index is 0. The molecule has 0 fully saturated rings. The average molecular weight is 379 g/mol. The third-order valence-corrected chi connectivity index (χ3v) is 4.24. The Morgan fingerprint density at radius 2 is 1.56 bits per heavy atom. The van der Waals surface area contributed by atoms with E-state index in [4.69, 9.17) is 23.2 Å². The molecule has 0 unspecified atom stereocenters. The molecule has 0 atom stereocenters. The normalized spacial score (nSPS) is 10.8. The van der Waals surface area contributed by atoms with Gasteiger partial charge in [-0.05, 0) is 64.2 Å². The fraction of sp³-hybridized carbons (Fsp3) is 0.0500. The number of carbonyl (C=O) groups excluding carboxylic acids is 1. The summed E-state index contributed by atoms with van der Waals surface area (Å²) in [6, 6.07) is 17.4. The topological polar surface area (TPSA) is 40.1 Å². The van der Waals surface area contributed by atoms with Gasteiger partial charge < -0.3 is 9.90 Å². The molecular formula is C20H13Cl2NaO2. The maximum atomic E-state index is 10.7. The molecule has 3 aromatic carbocycles. The van der Waals surface area contributed by atoms with Crippen LogP contribution in [0.2, 0.25) is 10.0 Å². The van der Waals surface area contributed by atoms with Crippen LogP contribution < -0.4 is 34.7 Å². The van der Waals surface area contributed by atoms with Gasteiger partial charge in [0.15, 0.2) is 0 Å². The van der Waals surface area contributed by atoms with Crippen LogP contribution >= 0.6 is 23.2 Å². The Labute approximate surface area is 178 Å². The summed E-state index contributed by atoms with van der Waals surface area (Å²) in [6.07, 6.45) is 3.19. The van der Waals surface area contributed by atoms with Crippen LogP contribution in [-0.2, 0) is 11.2 Å². The molecule has 0 heterocycles. The zero-order valence-corrected chi connectivity index (χ0v) is 17.1. The van der Waals surface area contributed by atoms with Gasteiger partial charge in [0.2, 0.25) is 0 Å². The van der Waals surface area contributed by atoms with Crippen LogP contribution in [0.5, 0.6) is 0 Å². The average Bonchev–Trinajstić information content (AvgIpc) is 2.55. The first kappa shape index (κ1) is 20.0. The Bertz CT molecular complexity index is 952. The monoisotopic (exact) mass is 378 g/mol. The molecule has 0 spiro atoms. The molecule has 0 aliphatic carbocycles. The number of fused-ring (bicyclic) bond motifs is 1. The van der Waals surface area contributed by atoms with E-state index in [1.165, 1.54) is 6.08 Å². The number of halogens is 2.